The Hall–Kier alpha value is -4.69. The third-order valence-corrected chi connectivity index (χ3v) is 10.0. The van der Waals surface area contributed by atoms with Crippen LogP contribution in [-0.2, 0) is 41.7 Å². The molecule has 1 aromatic carbocycles. The van der Waals surface area contributed by atoms with Crippen molar-refractivity contribution in [3.05, 3.63) is 47.3 Å². The van der Waals surface area contributed by atoms with E-state index in [0.717, 1.165) is 32.1 Å². The van der Waals surface area contributed by atoms with Crippen LogP contribution in [0.5, 0.6) is 0 Å². The van der Waals surface area contributed by atoms with E-state index in [2.05, 4.69) is 21.5 Å². The number of amides is 6. The zero-order valence-electron chi connectivity index (χ0n) is 29.3. The summed E-state index contributed by atoms with van der Waals surface area (Å²) in [7, 11) is 0. The van der Waals surface area contributed by atoms with Crippen LogP contribution in [0, 0.1) is 17.7 Å². The average molecular weight is 711 g/mol. The SMILES string of the molecule is CC(C)(C)OC(=O)N[C@H]1CCCCCC=C[C@@H]2C[C@@]2(C(=O)NNC(=O)C2CC2)NC(=O)[C@@H]2C[C@@H](OC(=O)N3Cc4cccc(F)c4C3)CN2C1=O. The Morgan fingerprint density at radius 1 is 1.02 bits per heavy atom. The van der Waals surface area contributed by atoms with Gasteiger partial charge in [0.15, 0.2) is 0 Å². The van der Waals surface area contributed by atoms with Gasteiger partial charge >= 0.3 is 12.2 Å². The molecule has 1 saturated heterocycles. The second-order valence-electron chi connectivity index (χ2n) is 15.2. The summed E-state index contributed by atoms with van der Waals surface area (Å²) >= 11 is 0. The lowest BCUT2D eigenvalue weighted by Gasteiger charge is -2.30. The van der Waals surface area contributed by atoms with Gasteiger partial charge in [-0.25, -0.2) is 14.0 Å². The summed E-state index contributed by atoms with van der Waals surface area (Å²) < 4.78 is 25.7. The molecule has 0 unspecified atom stereocenters. The lowest BCUT2D eigenvalue weighted by Crippen LogP contribution is -2.59. The summed E-state index contributed by atoms with van der Waals surface area (Å²) in [5.74, 6) is -2.96. The number of carbonyl (C=O) groups is 6. The largest absolute Gasteiger partial charge is 0.444 e. The molecule has 6 amide bonds. The lowest BCUT2D eigenvalue weighted by atomic mass is 10.0. The molecule has 3 heterocycles. The maximum absolute atomic E-state index is 14.4. The van der Waals surface area contributed by atoms with E-state index >= 15 is 0 Å². The van der Waals surface area contributed by atoms with E-state index < -0.39 is 65.1 Å². The van der Waals surface area contributed by atoms with Gasteiger partial charge < -0.3 is 25.0 Å². The molecule has 0 aromatic heterocycles. The third kappa shape index (κ3) is 8.45. The molecule has 3 aliphatic heterocycles. The predicted molar refractivity (Wildman–Crippen MR) is 179 cm³/mol. The van der Waals surface area contributed by atoms with Crippen LogP contribution in [0.4, 0.5) is 14.0 Å². The van der Waals surface area contributed by atoms with E-state index in [1.807, 2.05) is 12.2 Å². The number of rotatable bonds is 4. The van der Waals surface area contributed by atoms with Gasteiger partial charge in [0, 0.05) is 30.4 Å². The summed E-state index contributed by atoms with van der Waals surface area (Å²) in [6, 6.07) is 2.45. The van der Waals surface area contributed by atoms with Crippen LogP contribution >= 0.6 is 0 Å². The smallest absolute Gasteiger partial charge is 0.410 e. The van der Waals surface area contributed by atoms with E-state index in [0.29, 0.717) is 17.5 Å². The third-order valence-electron chi connectivity index (χ3n) is 10.0. The lowest BCUT2D eigenvalue weighted by molar-refractivity contribution is -0.141. The monoisotopic (exact) mass is 710 g/mol. The predicted octanol–water partition coefficient (Wildman–Crippen LogP) is 3.09. The zero-order chi connectivity index (χ0) is 36.5. The Balaban J connectivity index is 1.23. The van der Waals surface area contributed by atoms with Gasteiger partial charge in [-0.2, -0.15) is 0 Å². The number of nitrogens with zero attached hydrogens (tertiary/aromatic N) is 2. The van der Waals surface area contributed by atoms with E-state index in [1.165, 1.54) is 15.9 Å². The van der Waals surface area contributed by atoms with Gasteiger partial charge in [-0.1, -0.05) is 37.1 Å². The molecule has 1 aromatic rings. The Morgan fingerprint density at radius 2 is 1.80 bits per heavy atom. The Morgan fingerprint density at radius 3 is 2.53 bits per heavy atom. The minimum atomic E-state index is -1.37. The van der Waals surface area contributed by atoms with Crippen LogP contribution < -0.4 is 21.5 Å². The number of nitrogens with one attached hydrogen (secondary N) is 4. The number of halogens is 1. The van der Waals surface area contributed by atoms with Crippen LogP contribution in [0.15, 0.2) is 30.4 Å². The van der Waals surface area contributed by atoms with Crippen molar-refractivity contribution >= 4 is 35.8 Å². The second-order valence-corrected chi connectivity index (χ2v) is 15.2. The van der Waals surface area contributed by atoms with Crippen molar-refractivity contribution in [2.75, 3.05) is 6.54 Å². The van der Waals surface area contributed by atoms with Crippen LogP contribution in [0.25, 0.3) is 0 Å². The highest BCUT2D eigenvalue weighted by molar-refractivity contribution is 5.99. The number of carbonyl (C=O) groups excluding carboxylic acids is 6. The topological polar surface area (TPSA) is 175 Å². The molecule has 276 valence electrons. The van der Waals surface area contributed by atoms with Gasteiger partial charge in [0.05, 0.1) is 13.1 Å². The first-order valence-corrected chi connectivity index (χ1v) is 17.8. The van der Waals surface area contributed by atoms with Crippen molar-refractivity contribution < 1.29 is 42.6 Å². The fraction of sp³-hybridized carbons (Fsp3) is 0.611. The quantitative estimate of drug-likeness (QED) is 0.272. The highest BCUT2D eigenvalue weighted by atomic mass is 19.1. The first-order chi connectivity index (χ1) is 24.2. The summed E-state index contributed by atoms with van der Waals surface area (Å²) in [6.45, 7) is 5.15. The zero-order valence-corrected chi connectivity index (χ0v) is 29.3. The van der Waals surface area contributed by atoms with Gasteiger partial charge in [0.1, 0.15) is 35.1 Å². The van der Waals surface area contributed by atoms with Crippen LogP contribution in [-0.4, -0.2) is 81.5 Å². The molecule has 2 aliphatic carbocycles. The molecule has 6 rings (SSSR count). The summed E-state index contributed by atoms with van der Waals surface area (Å²) in [5, 5.41) is 5.57. The van der Waals surface area contributed by atoms with Crippen molar-refractivity contribution in [3.63, 3.8) is 0 Å². The second kappa shape index (κ2) is 14.5. The van der Waals surface area contributed by atoms with Gasteiger partial charge in [-0.05, 0) is 70.9 Å². The minimum Gasteiger partial charge on any atom is -0.444 e. The van der Waals surface area contributed by atoms with Gasteiger partial charge in [-0.3, -0.25) is 34.9 Å². The summed E-state index contributed by atoms with van der Waals surface area (Å²) in [6.07, 6.45) is 6.32. The minimum absolute atomic E-state index is 0.0197. The van der Waals surface area contributed by atoms with E-state index in [9.17, 15) is 33.2 Å². The molecule has 5 aliphatic rings. The number of hydrazine groups is 1. The van der Waals surface area contributed by atoms with Crippen LogP contribution in [0.2, 0.25) is 0 Å². The Bertz CT molecular complexity index is 1610. The first-order valence-electron chi connectivity index (χ1n) is 17.8. The Labute approximate surface area is 296 Å². The van der Waals surface area contributed by atoms with Crippen molar-refractivity contribution in [2.24, 2.45) is 11.8 Å². The maximum atomic E-state index is 14.4. The number of hydrogen-bond donors (Lipinski definition) is 4. The average Bonchev–Trinajstić information content (AvgIpc) is 3.94. The molecular formula is C36H47FN6O8. The van der Waals surface area contributed by atoms with Crippen molar-refractivity contribution in [2.45, 2.75) is 121 Å². The fourth-order valence-electron chi connectivity index (χ4n) is 7.02. The van der Waals surface area contributed by atoms with E-state index in [-0.39, 0.29) is 56.6 Å². The molecule has 2 saturated carbocycles. The normalized spacial score (nSPS) is 27.8. The summed E-state index contributed by atoms with van der Waals surface area (Å²) in [4.78, 5) is 83.1. The molecule has 0 bridgehead atoms. The van der Waals surface area contributed by atoms with Crippen molar-refractivity contribution in [1.82, 2.24) is 31.3 Å². The highest BCUT2D eigenvalue weighted by Gasteiger charge is 2.61. The standard InChI is InChI=1S/C36H47FN6O8/c1-35(2,3)51-33(48)38-27-13-8-6-4-5-7-11-23-17-36(23,32(47)41-40-29(44)21-14-15-21)39-30(45)28-16-24(19-43(28)31(27)46)50-34(49)42-18-22-10-9-12-26(37)25(22)20-42/h7,9-12,21,23-24,27-28H,4-6,8,13-20H2,1-3H3,(H,38,48)(H,39,45)(H,40,44)(H,41,47)/t23-,24-,27+,28+,36-/m1/s1. The number of ether oxygens (including phenoxy) is 2. The molecule has 4 N–H and O–H groups in total. The molecule has 51 heavy (non-hydrogen) atoms. The van der Waals surface area contributed by atoms with Crippen molar-refractivity contribution in [1.29, 1.82) is 0 Å². The number of allylic oxidation sites excluding steroid dienone is 1. The number of hydrogen-bond acceptors (Lipinski definition) is 8. The highest BCUT2D eigenvalue weighted by Crippen LogP contribution is 2.45. The molecule has 5 atom stereocenters. The number of benzene rings is 1. The Kier molecular flexibility index (Phi) is 10.3. The van der Waals surface area contributed by atoms with Gasteiger partial charge in [0.25, 0.3) is 5.91 Å². The molecule has 15 heteroatoms. The first kappa shape index (κ1) is 36.1. The number of alkyl carbamates (subject to hydrolysis) is 1. The molecule has 3 fully saturated rings. The van der Waals surface area contributed by atoms with Crippen molar-refractivity contribution in [3.8, 4) is 0 Å². The fourth-order valence-corrected chi connectivity index (χ4v) is 7.02. The molecule has 14 nitrogen and oxygen atoms in total. The molecular weight excluding hydrogens is 663 g/mol. The summed E-state index contributed by atoms with van der Waals surface area (Å²) in [5.41, 5.74) is 3.84. The van der Waals surface area contributed by atoms with E-state index in [4.69, 9.17) is 9.47 Å². The van der Waals surface area contributed by atoms with Gasteiger partial charge in [-0.15, -0.1) is 0 Å². The van der Waals surface area contributed by atoms with Crippen LogP contribution in [0.1, 0.15) is 89.7 Å². The van der Waals surface area contributed by atoms with Gasteiger partial charge in [0.2, 0.25) is 17.7 Å². The molecule has 0 radical (unpaired) electrons. The molecule has 0 spiro atoms. The maximum Gasteiger partial charge on any atom is 0.410 e. The van der Waals surface area contributed by atoms with Crippen LogP contribution in [0.3, 0.4) is 0 Å². The van der Waals surface area contributed by atoms with E-state index in [1.54, 1.807) is 32.9 Å². The number of fused-ring (bicyclic) bond motifs is 3.